The molecule has 0 saturated carbocycles. The van der Waals surface area contributed by atoms with Crippen LogP contribution in [0.5, 0.6) is 5.75 Å². The first-order valence-corrected chi connectivity index (χ1v) is 22.4. The molecular formula is C47H53FN10O6. The molecule has 17 heteroatoms. The van der Waals surface area contributed by atoms with E-state index in [0.717, 1.165) is 48.9 Å². The number of nitrogen functional groups attached to an aromatic ring is 1. The predicted molar refractivity (Wildman–Crippen MR) is 238 cm³/mol. The third kappa shape index (κ3) is 8.00. The molecule has 3 aromatic heterocycles. The van der Waals surface area contributed by atoms with Crippen LogP contribution < -0.4 is 20.9 Å². The lowest BCUT2D eigenvalue weighted by atomic mass is 9.93. The Hall–Kier alpha value is -6.17. The molecule has 2 aromatic carbocycles. The number of urea groups is 1. The van der Waals surface area contributed by atoms with Crippen molar-refractivity contribution in [3.05, 3.63) is 89.7 Å². The molecule has 0 radical (unpaired) electrons. The quantitative estimate of drug-likeness (QED) is 0.175. The molecule has 5 saturated heterocycles. The molecule has 4 amide bonds. The van der Waals surface area contributed by atoms with E-state index in [4.69, 9.17) is 20.2 Å². The monoisotopic (exact) mass is 872 g/mol. The van der Waals surface area contributed by atoms with E-state index in [1.54, 1.807) is 24.4 Å². The number of nitrogens with one attached hydrogen (secondary N) is 1. The van der Waals surface area contributed by atoms with Gasteiger partial charge in [-0.25, -0.2) is 14.2 Å². The molecule has 0 unspecified atom stereocenters. The number of hydrogen-bond donors (Lipinski definition) is 3. The summed E-state index contributed by atoms with van der Waals surface area (Å²) in [5.41, 5.74) is 12.1. The van der Waals surface area contributed by atoms with Crippen LogP contribution in [0.25, 0.3) is 22.3 Å². The number of nitrogens with zero attached hydrogens (tertiary/aromatic N) is 8. The number of nitrogens with two attached hydrogens (primary N) is 1. The van der Waals surface area contributed by atoms with E-state index >= 15 is 4.39 Å². The molecule has 16 nitrogen and oxygen atoms in total. The summed E-state index contributed by atoms with van der Waals surface area (Å²) in [5, 5.41) is 22.3. The van der Waals surface area contributed by atoms with Crippen LogP contribution in [0.2, 0.25) is 0 Å². The number of aromatic hydroxyl groups is 1. The highest BCUT2D eigenvalue weighted by atomic mass is 19.1. The van der Waals surface area contributed by atoms with E-state index in [9.17, 15) is 19.5 Å². The maximum Gasteiger partial charge on any atom is 0.328 e. The number of imide groups is 1. The van der Waals surface area contributed by atoms with Crippen molar-refractivity contribution in [2.75, 3.05) is 74.6 Å². The van der Waals surface area contributed by atoms with Gasteiger partial charge in [0.2, 0.25) is 5.91 Å². The summed E-state index contributed by atoms with van der Waals surface area (Å²) in [6.45, 7) is 6.93. The summed E-state index contributed by atoms with van der Waals surface area (Å²) < 4.78 is 30.5. The van der Waals surface area contributed by atoms with Gasteiger partial charge in [0.25, 0.3) is 5.91 Å². The molecule has 0 spiro atoms. The summed E-state index contributed by atoms with van der Waals surface area (Å²) in [7, 11) is 0. The van der Waals surface area contributed by atoms with Crippen LogP contribution in [0, 0.1) is 5.92 Å². The van der Waals surface area contributed by atoms with Crippen molar-refractivity contribution >= 4 is 46.1 Å². The number of piperidine rings is 2. The molecular weight excluding hydrogens is 820 g/mol. The number of hydrogen-bond acceptors (Lipinski definition) is 12. The lowest BCUT2D eigenvalue weighted by Gasteiger charge is -2.42. The van der Waals surface area contributed by atoms with E-state index in [1.807, 2.05) is 58.1 Å². The van der Waals surface area contributed by atoms with Gasteiger partial charge in [-0.3, -0.25) is 19.8 Å². The van der Waals surface area contributed by atoms with Crippen LogP contribution in [0.1, 0.15) is 66.2 Å². The third-order valence-corrected chi connectivity index (χ3v) is 13.8. The Labute approximate surface area is 370 Å². The second kappa shape index (κ2) is 17.4. The zero-order chi connectivity index (χ0) is 44.1. The average molecular weight is 873 g/mol. The first-order valence-electron chi connectivity index (χ1n) is 22.4. The van der Waals surface area contributed by atoms with Crippen LogP contribution >= 0.6 is 0 Å². The Bertz CT molecular complexity index is 2570. The minimum Gasteiger partial charge on any atom is -0.507 e. The van der Waals surface area contributed by atoms with Gasteiger partial charge in [0.15, 0.2) is 5.82 Å². The molecule has 4 N–H and O–H groups in total. The minimum absolute atomic E-state index is 0.00201. The molecule has 8 heterocycles. The van der Waals surface area contributed by atoms with E-state index < -0.39 is 12.2 Å². The van der Waals surface area contributed by atoms with Crippen LogP contribution in [-0.2, 0) is 20.7 Å². The average Bonchev–Trinajstić information content (AvgIpc) is 3.94. The van der Waals surface area contributed by atoms with Gasteiger partial charge in [0.1, 0.15) is 29.8 Å². The number of ether oxygens (including phenoxy) is 2. The number of anilines is 3. The lowest BCUT2D eigenvalue weighted by Crippen LogP contribution is -2.52. The largest absolute Gasteiger partial charge is 0.507 e. The number of amides is 4. The van der Waals surface area contributed by atoms with E-state index in [1.165, 1.54) is 4.90 Å². The summed E-state index contributed by atoms with van der Waals surface area (Å²) in [6, 6.07) is 17.6. The molecule has 5 aromatic rings. The number of fused-ring (bicyclic) bond motifs is 2. The molecule has 64 heavy (non-hydrogen) atoms. The number of para-hydroxylation sites is 1. The van der Waals surface area contributed by atoms with Crippen molar-refractivity contribution in [2.45, 2.75) is 69.5 Å². The van der Waals surface area contributed by atoms with Gasteiger partial charge < -0.3 is 39.6 Å². The van der Waals surface area contributed by atoms with Gasteiger partial charge in [-0.2, -0.15) is 0 Å². The number of halogens is 1. The number of alkyl halides is 1. The number of pyridine rings is 1. The van der Waals surface area contributed by atoms with E-state index in [-0.39, 0.29) is 54.1 Å². The number of morpholine rings is 1. The summed E-state index contributed by atoms with van der Waals surface area (Å²) in [5.74, 6) is 0.461. The van der Waals surface area contributed by atoms with Crippen molar-refractivity contribution in [1.29, 1.82) is 0 Å². The highest BCUT2D eigenvalue weighted by molar-refractivity contribution is 6.06. The Balaban J connectivity index is 0.739. The predicted octanol–water partition coefficient (Wildman–Crippen LogP) is 5.27. The number of aromatic nitrogens is 4. The number of carbonyl (C=O) groups excluding carboxylic acids is 3. The molecule has 5 fully saturated rings. The Morgan fingerprint density at radius 1 is 0.969 bits per heavy atom. The molecule has 5 aliphatic rings. The SMILES string of the molecule is CCc1cn([C@H]2CCN(CC3CCN(C(=O)c4ccc([C@@H]5CN(c6cc(-c7ccccc7O)nnc6N)[C@@H]6COC[C@@H]6O5)cc4)CC3)C[C@H]2F)c2ncc(N3CCC(=O)NC3=O)cc12. The number of phenols is 1. The van der Waals surface area contributed by atoms with Crippen LogP contribution in [0.4, 0.5) is 26.4 Å². The maximum atomic E-state index is 16.1. The highest BCUT2D eigenvalue weighted by Gasteiger charge is 2.43. The number of benzene rings is 2. The molecule has 0 bridgehead atoms. The number of phenolic OH excluding ortho intramolecular Hbond substituents is 1. The van der Waals surface area contributed by atoms with Crippen LogP contribution in [0.15, 0.2) is 73.1 Å². The Kier molecular flexibility index (Phi) is 11.4. The van der Waals surface area contributed by atoms with Crippen molar-refractivity contribution in [2.24, 2.45) is 5.92 Å². The number of carbonyl (C=O) groups is 3. The van der Waals surface area contributed by atoms with E-state index in [2.05, 4.69) is 32.2 Å². The fraction of sp³-hybridized carbons (Fsp3) is 0.447. The number of rotatable bonds is 9. The summed E-state index contributed by atoms with van der Waals surface area (Å²) in [4.78, 5) is 50.5. The summed E-state index contributed by atoms with van der Waals surface area (Å²) in [6.07, 6.45) is 5.38. The maximum absolute atomic E-state index is 16.1. The molecule has 5 aliphatic heterocycles. The minimum atomic E-state index is -1.08. The third-order valence-electron chi connectivity index (χ3n) is 13.8. The fourth-order valence-corrected chi connectivity index (χ4v) is 10.2. The fourth-order valence-electron chi connectivity index (χ4n) is 10.2. The lowest BCUT2D eigenvalue weighted by molar-refractivity contribution is -0.120. The zero-order valence-corrected chi connectivity index (χ0v) is 35.8. The van der Waals surface area contributed by atoms with Crippen LogP contribution in [0.3, 0.4) is 0 Å². The second-order valence-electron chi connectivity index (χ2n) is 17.7. The van der Waals surface area contributed by atoms with Gasteiger partial charge in [0, 0.05) is 74.9 Å². The van der Waals surface area contributed by atoms with Crippen molar-refractivity contribution in [1.82, 2.24) is 34.9 Å². The Morgan fingerprint density at radius 3 is 2.55 bits per heavy atom. The second-order valence-corrected chi connectivity index (χ2v) is 17.7. The van der Waals surface area contributed by atoms with Gasteiger partial charge in [-0.15, -0.1) is 10.2 Å². The van der Waals surface area contributed by atoms with Crippen molar-refractivity contribution in [3.63, 3.8) is 0 Å². The van der Waals surface area contributed by atoms with Gasteiger partial charge in [0.05, 0.1) is 48.6 Å². The first kappa shape index (κ1) is 41.8. The van der Waals surface area contributed by atoms with Crippen LogP contribution in [-0.4, -0.2) is 130 Å². The zero-order valence-electron chi connectivity index (χ0n) is 35.8. The number of aryl methyl sites for hydroxylation is 1. The highest BCUT2D eigenvalue weighted by Crippen LogP contribution is 2.39. The standard InChI is InChI=1S/C47H53FN10O6/c1-2-29-23-58(45-34(29)19-32(21-50-45)56-18-14-43(60)51-47(56)62)37-13-15-54(24-35(37)48)22-28-11-16-55(17-12-28)46(61)31-9-7-30(8-10-31)41-25-57(39-26-63-27-42(39)64-41)38-20-36(52-53-44(38)49)33-5-3-4-6-40(33)59/h3-10,19-21,23,28,35,37,39,41-42,59H,2,11-18,22,24-27H2,1H3,(H2,49,53)(H,51,60,62)/t35-,37+,39-,41+,42+/m1/s1. The molecule has 10 rings (SSSR count). The normalized spacial score (nSPS) is 24.6. The van der Waals surface area contributed by atoms with Gasteiger partial charge in [-0.05, 0) is 79.1 Å². The topological polar surface area (TPSA) is 185 Å². The van der Waals surface area contributed by atoms with Gasteiger partial charge >= 0.3 is 6.03 Å². The van der Waals surface area contributed by atoms with Crippen molar-refractivity contribution < 1.29 is 33.4 Å². The Morgan fingerprint density at radius 2 is 1.78 bits per heavy atom. The molecule has 0 aliphatic carbocycles. The smallest absolute Gasteiger partial charge is 0.328 e. The number of likely N-dealkylation sites (tertiary alicyclic amines) is 2. The van der Waals surface area contributed by atoms with Gasteiger partial charge in [-0.1, -0.05) is 31.2 Å². The van der Waals surface area contributed by atoms with E-state index in [0.29, 0.717) is 92.1 Å². The molecule has 334 valence electrons. The molecule has 5 atom stereocenters. The first-order chi connectivity index (χ1) is 31.1. The summed E-state index contributed by atoms with van der Waals surface area (Å²) >= 11 is 0. The van der Waals surface area contributed by atoms with Crippen molar-refractivity contribution in [3.8, 4) is 17.0 Å².